The van der Waals surface area contributed by atoms with Crippen LogP contribution in [0, 0.1) is 24.2 Å². The third-order valence-electron chi connectivity index (χ3n) is 7.88. The van der Waals surface area contributed by atoms with Crippen molar-refractivity contribution in [1.82, 2.24) is 0 Å². The van der Waals surface area contributed by atoms with Gasteiger partial charge >= 0.3 is 17.9 Å². The lowest BCUT2D eigenvalue weighted by Crippen LogP contribution is -2.45. The molecular formula is C25H32O6. The van der Waals surface area contributed by atoms with Gasteiger partial charge in [-0.3, -0.25) is 14.4 Å². The van der Waals surface area contributed by atoms with Crippen LogP contribution < -0.4 is 9.47 Å². The Morgan fingerprint density at radius 1 is 0.968 bits per heavy atom. The Morgan fingerprint density at radius 3 is 2.32 bits per heavy atom. The summed E-state index contributed by atoms with van der Waals surface area (Å²) in [6.45, 7) is 8.41. The fourth-order valence-electron chi connectivity index (χ4n) is 6.67. The molecular weight excluding hydrogens is 396 g/mol. The Morgan fingerprint density at radius 2 is 1.68 bits per heavy atom. The molecule has 1 aromatic carbocycles. The second-order valence-electron chi connectivity index (χ2n) is 9.72. The van der Waals surface area contributed by atoms with Gasteiger partial charge in [-0.2, -0.15) is 0 Å². The third-order valence-corrected chi connectivity index (χ3v) is 7.88. The van der Waals surface area contributed by atoms with E-state index in [1.807, 2.05) is 13.0 Å². The average molecular weight is 429 g/mol. The highest BCUT2D eigenvalue weighted by Crippen LogP contribution is 2.63. The number of carbonyl (C=O) groups excluding carboxylic acids is 3. The zero-order chi connectivity index (χ0) is 22.5. The Hall–Kier alpha value is -2.37. The highest BCUT2D eigenvalue weighted by Gasteiger charge is 2.56. The van der Waals surface area contributed by atoms with Crippen LogP contribution in [0.25, 0.3) is 0 Å². The molecule has 5 atom stereocenters. The fourth-order valence-corrected chi connectivity index (χ4v) is 6.67. The van der Waals surface area contributed by atoms with Crippen LogP contribution in [0.1, 0.15) is 82.4 Å². The first-order valence-electron chi connectivity index (χ1n) is 11.3. The molecule has 0 radical (unpaired) electrons. The van der Waals surface area contributed by atoms with Crippen molar-refractivity contribution in [1.29, 1.82) is 0 Å². The van der Waals surface area contributed by atoms with Gasteiger partial charge in [-0.05, 0) is 74.8 Å². The lowest BCUT2D eigenvalue weighted by atomic mass is 9.55. The van der Waals surface area contributed by atoms with E-state index in [-0.39, 0.29) is 35.3 Å². The van der Waals surface area contributed by atoms with Crippen molar-refractivity contribution in [3.8, 4) is 11.5 Å². The molecule has 0 saturated heterocycles. The van der Waals surface area contributed by atoms with Gasteiger partial charge in [0.25, 0.3) is 0 Å². The van der Waals surface area contributed by atoms with E-state index in [0.717, 1.165) is 49.7 Å². The normalized spacial score (nSPS) is 31.1. The molecule has 6 heteroatoms. The molecule has 0 heterocycles. The summed E-state index contributed by atoms with van der Waals surface area (Å²) in [6, 6.07) is 1.96. The molecule has 0 aliphatic heterocycles. The first-order valence-corrected chi connectivity index (χ1v) is 11.3. The van der Waals surface area contributed by atoms with Crippen LogP contribution in [0.5, 0.6) is 11.5 Å². The fraction of sp³-hybridized carbons (Fsp3) is 0.640. The van der Waals surface area contributed by atoms with Gasteiger partial charge in [0.2, 0.25) is 0 Å². The van der Waals surface area contributed by atoms with Gasteiger partial charge in [-0.15, -0.1) is 0 Å². The summed E-state index contributed by atoms with van der Waals surface area (Å²) in [4.78, 5) is 35.2. The van der Waals surface area contributed by atoms with Crippen LogP contribution in [-0.4, -0.2) is 24.0 Å². The average Bonchev–Trinajstić information content (AvgIpc) is 3.00. The van der Waals surface area contributed by atoms with Crippen LogP contribution in [0.3, 0.4) is 0 Å². The van der Waals surface area contributed by atoms with Crippen molar-refractivity contribution in [3.63, 3.8) is 0 Å². The molecule has 0 N–H and O–H groups in total. The molecule has 31 heavy (non-hydrogen) atoms. The molecule has 0 bridgehead atoms. The molecule has 3 aliphatic carbocycles. The van der Waals surface area contributed by atoms with Gasteiger partial charge in [-0.1, -0.05) is 6.92 Å². The van der Waals surface area contributed by atoms with Crippen molar-refractivity contribution in [2.45, 2.75) is 85.2 Å². The number of benzene rings is 1. The number of rotatable bonds is 3. The number of ether oxygens (including phenoxy) is 3. The molecule has 0 spiro atoms. The minimum Gasteiger partial charge on any atom is -0.462 e. The molecule has 0 unspecified atom stereocenters. The molecule has 0 amide bonds. The number of carbonyl (C=O) groups is 3. The Bertz CT molecular complexity index is 934. The molecule has 4 rings (SSSR count). The summed E-state index contributed by atoms with van der Waals surface area (Å²) in [6.07, 6.45) is 5.77. The van der Waals surface area contributed by atoms with Gasteiger partial charge in [0, 0.05) is 37.3 Å². The number of fused-ring (bicyclic) bond motifs is 5. The zero-order valence-electron chi connectivity index (χ0n) is 19.1. The Labute approximate surface area is 183 Å². The largest absolute Gasteiger partial charge is 0.462 e. The van der Waals surface area contributed by atoms with Crippen LogP contribution in [0.15, 0.2) is 6.07 Å². The maximum atomic E-state index is 11.9. The lowest BCUT2D eigenvalue weighted by Gasteiger charge is -2.50. The van der Waals surface area contributed by atoms with Crippen molar-refractivity contribution < 1.29 is 28.6 Å². The Kier molecular flexibility index (Phi) is 5.61. The summed E-state index contributed by atoms with van der Waals surface area (Å²) in [5, 5.41) is 0. The van der Waals surface area contributed by atoms with Gasteiger partial charge in [-0.25, -0.2) is 0 Å². The first-order chi connectivity index (χ1) is 14.6. The maximum Gasteiger partial charge on any atom is 0.308 e. The van der Waals surface area contributed by atoms with Crippen LogP contribution in [0.4, 0.5) is 0 Å². The van der Waals surface area contributed by atoms with Crippen molar-refractivity contribution >= 4 is 17.9 Å². The molecule has 3 aliphatic rings. The summed E-state index contributed by atoms with van der Waals surface area (Å²) >= 11 is 0. The monoisotopic (exact) mass is 428 g/mol. The van der Waals surface area contributed by atoms with Gasteiger partial charge in [0.15, 0.2) is 0 Å². The van der Waals surface area contributed by atoms with Gasteiger partial charge in [0.05, 0.1) is 0 Å². The summed E-state index contributed by atoms with van der Waals surface area (Å²) in [5.41, 5.74) is 2.91. The van der Waals surface area contributed by atoms with Gasteiger partial charge < -0.3 is 14.2 Å². The second kappa shape index (κ2) is 7.95. The van der Waals surface area contributed by atoms with E-state index in [0.29, 0.717) is 28.9 Å². The molecule has 6 nitrogen and oxygen atoms in total. The second-order valence-corrected chi connectivity index (χ2v) is 9.72. The number of hydrogen-bond acceptors (Lipinski definition) is 6. The Balaban J connectivity index is 1.74. The molecule has 2 saturated carbocycles. The van der Waals surface area contributed by atoms with E-state index in [1.165, 1.54) is 20.8 Å². The number of aryl methyl sites for hydroxylation is 1. The number of hydrogen-bond donors (Lipinski definition) is 0. The van der Waals surface area contributed by atoms with E-state index < -0.39 is 0 Å². The molecule has 2 fully saturated rings. The quantitative estimate of drug-likeness (QED) is 0.516. The molecule has 0 aromatic heterocycles. The SMILES string of the molecule is CC(=O)Oc1cc2c(c(OC(C)=O)c1C)[C@H]1CC[C@]3(C)[C@@H](OC(C)=O)CC[C@H]3[C@H]1CC2. The smallest absolute Gasteiger partial charge is 0.308 e. The zero-order valence-corrected chi connectivity index (χ0v) is 19.1. The van der Waals surface area contributed by atoms with Crippen molar-refractivity contribution in [2.24, 2.45) is 17.3 Å². The topological polar surface area (TPSA) is 78.9 Å². The van der Waals surface area contributed by atoms with E-state index in [4.69, 9.17) is 14.2 Å². The molecule has 1 aromatic rings. The predicted molar refractivity (Wildman–Crippen MR) is 114 cm³/mol. The third kappa shape index (κ3) is 3.74. The summed E-state index contributed by atoms with van der Waals surface area (Å²) < 4.78 is 16.9. The van der Waals surface area contributed by atoms with Crippen LogP contribution in [0.2, 0.25) is 0 Å². The lowest BCUT2D eigenvalue weighted by molar-refractivity contribution is -0.154. The number of esters is 3. The van der Waals surface area contributed by atoms with Crippen molar-refractivity contribution in [3.05, 3.63) is 22.8 Å². The first kappa shape index (κ1) is 21.8. The predicted octanol–water partition coefficient (Wildman–Crippen LogP) is 4.63. The maximum absolute atomic E-state index is 11.9. The summed E-state index contributed by atoms with van der Waals surface area (Å²) in [7, 11) is 0. The highest BCUT2D eigenvalue weighted by atomic mass is 16.5. The molecule has 168 valence electrons. The van der Waals surface area contributed by atoms with E-state index in [2.05, 4.69) is 6.92 Å². The van der Waals surface area contributed by atoms with Crippen LogP contribution >= 0.6 is 0 Å². The minimum absolute atomic E-state index is 0.00133. The van der Waals surface area contributed by atoms with Crippen molar-refractivity contribution in [2.75, 3.05) is 0 Å². The van der Waals surface area contributed by atoms with E-state index in [9.17, 15) is 14.4 Å². The van der Waals surface area contributed by atoms with Gasteiger partial charge in [0.1, 0.15) is 17.6 Å². The van der Waals surface area contributed by atoms with E-state index in [1.54, 1.807) is 0 Å². The highest BCUT2D eigenvalue weighted by molar-refractivity contribution is 5.74. The summed E-state index contributed by atoms with van der Waals surface area (Å²) in [5.74, 6) is 1.30. The van der Waals surface area contributed by atoms with E-state index >= 15 is 0 Å². The minimum atomic E-state index is -0.388. The van der Waals surface area contributed by atoms with Crippen LogP contribution in [-0.2, 0) is 25.5 Å². The standard InChI is InChI=1S/C25H32O6/c1-13-21(29-14(2)26)12-17-6-7-18-19(23(17)24(13)31-16(4)28)10-11-25(5)20(18)8-9-22(25)30-15(3)27/h12,18-20,22H,6-11H2,1-5H3/t18-,19-,20-,22-,25-/m0/s1.